The van der Waals surface area contributed by atoms with Crippen molar-refractivity contribution < 1.29 is 9.47 Å². The largest absolute Gasteiger partial charge is 0.492 e. The fourth-order valence-electron chi connectivity index (χ4n) is 3.67. The quantitative estimate of drug-likeness (QED) is 0.657. The molecule has 0 spiro atoms. The van der Waals surface area contributed by atoms with Gasteiger partial charge in [-0.05, 0) is 56.2 Å². The Labute approximate surface area is 166 Å². The normalized spacial score (nSPS) is 15.6. The summed E-state index contributed by atoms with van der Waals surface area (Å²) in [7, 11) is 0. The maximum atomic E-state index is 6.07. The third-order valence-electron chi connectivity index (χ3n) is 5.19. The highest BCUT2D eigenvalue weighted by atomic mass is 16.5. The van der Waals surface area contributed by atoms with E-state index in [1.165, 1.54) is 0 Å². The van der Waals surface area contributed by atoms with E-state index in [0.717, 1.165) is 66.3 Å². The number of hydrogen-bond donors (Lipinski definition) is 1. The number of pyridine rings is 1. The highest BCUT2D eigenvalue weighted by molar-refractivity contribution is 5.85. The summed E-state index contributed by atoms with van der Waals surface area (Å²) in [5, 5.41) is 1.07. The summed E-state index contributed by atoms with van der Waals surface area (Å²) in [6, 6.07) is 17.8. The summed E-state index contributed by atoms with van der Waals surface area (Å²) in [6.45, 7) is 5.64. The predicted molar refractivity (Wildman–Crippen MR) is 113 cm³/mol. The fourth-order valence-corrected chi connectivity index (χ4v) is 3.67. The van der Waals surface area contributed by atoms with Gasteiger partial charge >= 0.3 is 0 Å². The van der Waals surface area contributed by atoms with Crippen molar-refractivity contribution in [3.8, 4) is 11.5 Å². The van der Waals surface area contributed by atoms with E-state index in [9.17, 15) is 0 Å². The van der Waals surface area contributed by atoms with E-state index >= 15 is 0 Å². The number of nitrogen functional groups attached to an aromatic ring is 1. The molecule has 1 aromatic heterocycles. The molecule has 0 amide bonds. The minimum Gasteiger partial charge on any atom is -0.492 e. The second kappa shape index (κ2) is 8.48. The van der Waals surface area contributed by atoms with E-state index in [1.807, 2.05) is 55.5 Å². The van der Waals surface area contributed by atoms with Gasteiger partial charge in [0.05, 0.1) is 5.52 Å². The minimum atomic E-state index is 0.256. The first-order valence-electron chi connectivity index (χ1n) is 9.91. The van der Waals surface area contributed by atoms with Crippen LogP contribution >= 0.6 is 0 Å². The molecule has 0 saturated carbocycles. The third kappa shape index (κ3) is 4.54. The molecule has 0 unspecified atom stereocenters. The molecule has 28 heavy (non-hydrogen) atoms. The van der Waals surface area contributed by atoms with Crippen molar-refractivity contribution in [2.45, 2.75) is 25.9 Å². The van der Waals surface area contributed by atoms with Gasteiger partial charge in [0.2, 0.25) is 0 Å². The molecule has 0 bridgehead atoms. The van der Waals surface area contributed by atoms with Crippen LogP contribution in [0.5, 0.6) is 11.5 Å². The van der Waals surface area contributed by atoms with E-state index in [2.05, 4.69) is 16.0 Å². The van der Waals surface area contributed by atoms with Gasteiger partial charge in [0.15, 0.2) is 0 Å². The summed E-state index contributed by atoms with van der Waals surface area (Å²) in [4.78, 5) is 7.01. The number of aromatic nitrogens is 1. The van der Waals surface area contributed by atoms with Gasteiger partial charge in [-0.2, -0.15) is 0 Å². The number of nitrogens with two attached hydrogens (primary N) is 1. The Balaban J connectivity index is 1.25. The maximum Gasteiger partial charge on any atom is 0.128 e. The third-order valence-corrected chi connectivity index (χ3v) is 5.19. The minimum absolute atomic E-state index is 0.256. The zero-order chi connectivity index (χ0) is 19.3. The number of likely N-dealkylation sites (tertiary alicyclic amines) is 1. The summed E-state index contributed by atoms with van der Waals surface area (Å²) >= 11 is 0. The Kier molecular flexibility index (Phi) is 5.63. The van der Waals surface area contributed by atoms with Crippen molar-refractivity contribution in [2.24, 2.45) is 0 Å². The van der Waals surface area contributed by atoms with Crippen LogP contribution in [0, 0.1) is 6.92 Å². The first kappa shape index (κ1) is 18.6. The molecule has 2 heterocycles. The van der Waals surface area contributed by atoms with Crippen molar-refractivity contribution in [2.75, 3.05) is 32.0 Å². The number of fused-ring (bicyclic) bond motifs is 1. The molecule has 1 fully saturated rings. The smallest absolute Gasteiger partial charge is 0.128 e. The van der Waals surface area contributed by atoms with Crippen LogP contribution in [0.15, 0.2) is 54.6 Å². The van der Waals surface area contributed by atoms with Crippen LogP contribution < -0.4 is 15.2 Å². The van der Waals surface area contributed by atoms with Crippen LogP contribution in [-0.4, -0.2) is 42.2 Å². The summed E-state index contributed by atoms with van der Waals surface area (Å²) < 4.78 is 12.1. The molecule has 1 saturated heterocycles. The van der Waals surface area contributed by atoms with Crippen LogP contribution in [0.25, 0.3) is 10.9 Å². The molecule has 4 rings (SSSR count). The van der Waals surface area contributed by atoms with Gasteiger partial charge in [0.1, 0.15) is 24.2 Å². The van der Waals surface area contributed by atoms with Gasteiger partial charge in [-0.1, -0.05) is 12.1 Å². The molecule has 2 aromatic carbocycles. The summed E-state index contributed by atoms with van der Waals surface area (Å²) in [5.41, 5.74) is 8.57. The number of benzene rings is 2. The number of nitrogens with zero attached hydrogens (tertiary/aromatic N) is 2. The van der Waals surface area contributed by atoms with Gasteiger partial charge in [-0.25, -0.2) is 0 Å². The zero-order valence-electron chi connectivity index (χ0n) is 16.3. The molecule has 2 N–H and O–H groups in total. The van der Waals surface area contributed by atoms with E-state index < -0.39 is 0 Å². The Morgan fingerprint density at radius 3 is 2.71 bits per heavy atom. The molecule has 3 aromatic rings. The average Bonchev–Trinajstić information content (AvgIpc) is 2.69. The zero-order valence-corrected chi connectivity index (χ0v) is 16.3. The fraction of sp³-hybridized carbons (Fsp3) is 0.348. The highest BCUT2D eigenvalue weighted by Gasteiger charge is 2.20. The number of ether oxygens (including phenoxy) is 2. The van der Waals surface area contributed by atoms with Crippen LogP contribution in [0.2, 0.25) is 0 Å². The molecule has 5 heteroatoms. The Bertz CT molecular complexity index is 936. The predicted octanol–water partition coefficient (Wildman–Crippen LogP) is 4.05. The lowest BCUT2D eigenvalue weighted by Crippen LogP contribution is -2.40. The second-order valence-corrected chi connectivity index (χ2v) is 7.36. The van der Waals surface area contributed by atoms with Crippen molar-refractivity contribution in [3.63, 3.8) is 0 Å². The second-order valence-electron chi connectivity index (χ2n) is 7.36. The van der Waals surface area contributed by atoms with Gasteiger partial charge in [0.25, 0.3) is 0 Å². The molecule has 5 nitrogen and oxygen atoms in total. The highest BCUT2D eigenvalue weighted by Crippen LogP contribution is 2.25. The monoisotopic (exact) mass is 377 g/mol. The van der Waals surface area contributed by atoms with E-state index in [4.69, 9.17) is 15.2 Å². The topological polar surface area (TPSA) is 60.6 Å². The SMILES string of the molecule is Cc1ccc2c(OCCN3CCC(Oc4cccc(N)c4)CC3)cccc2n1. The lowest BCUT2D eigenvalue weighted by molar-refractivity contribution is 0.0917. The Morgan fingerprint density at radius 1 is 1.07 bits per heavy atom. The molecule has 146 valence electrons. The maximum absolute atomic E-state index is 6.07. The van der Waals surface area contributed by atoms with Gasteiger partial charge in [-0.15, -0.1) is 0 Å². The average molecular weight is 377 g/mol. The van der Waals surface area contributed by atoms with Crippen LogP contribution in [-0.2, 0) is 0 Å². The van der Waals surface area contributed by atoms with Crippen molar-refractivity contribution in [3.05, 3.63) is 60.3 Å². The van der Waals surface area contributed by atoms with Crippen molar-refractivity contribution in [1.29, 1.82) is 0 Å². The first-order valence-corrected chi connectivity index (χ1v) is 9.91. The molecular formula is C23H27N3O2. The van der Waals surface area contributed by atoms with E-state index in [1.54, 1.807) is 0 Å². The molecular weight excluding hydrogens is 350 g/mol. The van der Waals surface area contributed by atoms with Gasteiger partial charge in [-0.3, -0.25) is 9.88 Å². The van der Waals surface area contributed by atoms with E-state index in [-0.39, 0.29) is 6.10 Å². The number of rotatable bonds is 6. The lowest BCUT2D eigenvalue weighted by Gasteiger charge is -2.32. The van der Waals surface area contributed by atoms with Crippen LogP contribution in [0.4, 0.5) is 5.69 Å². The molecule has 1 aliphatic heterocycles. The number of piperidine rings is 1. The lowest BCUT2D eigenvalue weighted by atomic mass is 10.1. The summed E-state index contributed by atoms with van der Waals surface area (Å²) in [5.74, 6) is 1.77. The van der Waals surface area contributed by atoms with Gasteiger partial charge < -0.3 is 15.2 Å². The van der Waals surface area contributed by atoms with Gasteiger partial charge in [0, 0.05) is 42.5 Å². The molecule has 0 radical (unpaired) electrons. The first-order chi connectivity index (χ1) is 13.7. The number of hydrogen-bond acceptors (Lipinski definition) is 5. The molecule has 0 atom stereocenters. The van der Waals surface area contributed by atoms with Crippen LogP contribution in [0.3, 0.4) is 0 Å². The standard InChI is InChI=1S/C23H27N3O2/c1-17-8-9-21-22(25-17)6-3-7-23(21)27-15-14-26-12-10-19(11-13-26)28-20-5-2-4-18(24)16-20/h2-9,16,19H,10-15,24H2,1H3. The Morgan fingerprint density at radius 2 is 1.89 bits per heavy atom. The van der Waals surface area contributed by atoms with Crippen LogP contribution in [0.1, 0.15) is 18.5 Å². The number of aryl methyl sites for hydroxylation is 1. The molecule has 0 aliphatic carbocycles. The van der Waals surface area contributed by atoms with E-state index in [0.29, 0.717) is 6.61 Å². The number of anilines is 1. The van der Waals surface area contributed by atoms with Crippen molar-refractivity contribution >= 4 is 16.6 Å². The molecule has 1 aliphatic rings. The van der Waals surface area contributed by atoms with Crippen molar-refractivity contribution in [1.82, 2.24) is 9.88 Å². The Hall–Kier alpha value is -2.79. The summed E-state index contributed by atoms with van der Waals surface area (Å²) in [6.07, 6.45) is 2.30.